The van der Waals surface area contributed by atoms with Gasteiger partial charge in [0.25, 0.3) is 0 Å². The van der Waals surface area contributed by atoms with Crippen LogP contribution in [0.5, 0.6) is 0 Å². The van der Waals surface area contributed by atoms with Crippen LogP contribution < -0.4 is 0 Å². The summed E-state index contributed by atoms with van der Waals surface area (Å²) in [5, 5.41) is 8.69. The number of carbonyl (C=O) groups excluding carboxylic acids is 1. The van der Waals surface area contributed by atoms with Crippen LogP contribution >= 0.6 is 0 Å². The van der Waals surface area contributed by atoms with E-state index in [0.29, 0.717) is 0 Å². The highest BCUT2D eigenvalue weighted by molar-refractivity contribution is 5.88. The molecule has 0 amide bonds. The van der Waals surface area contributed by atoms with E-state index in [1.807, 2.05) is 0 Å². The minimum absolute atomic E-state index is 0.176. The van der Waals surface area contributed by atoms with Crippen LogP contribution in [0.25, 0.3) is 0 Å². The molecule has 0 radical (unpaired) electrons. The van der Waals surface area contributed by atoms with Crippen molar-refractivity contribution in [3.8, 4) is 11.8 Å². The first-order valence-electron chi connectivity index (χ1n) is 2.51. The minimum Gasteiger partial charge on any atom is -0.501 e. The SMILES string of the molecule is CC#CC(O)=CC(C)=O. The molecule has 0 aliphatic rings. The van der Waals surface area contributed by atoms with Crippen molar-refractivity contribution < 1.29 is 9.90 Å². The Morgan fingerprint density at radius 3 is 2.56 bits per heavy atom. The number of aliphatic hydroxyl groups is 1. The molecule has 1 N–H and O–H groups in total. The van der Waals surface area contributed by atoms with Crippen molar-refractivity contribution in [2.24, 2.45) is 0 Å². The van der Waals surface area contributed by atoms with Crippen LogP contribution in [0.4, 0.5) is 0 Å². The van der Waals surface area contributed by atoms with E-state index in [1.54, 1.807) is 6.92 Å². The monoisotopic (exact) mass is 124 g/mol. The molecule has 9 heavy (non-hydrogen) atoms. The van der Waals surface area contributed by atoms with Gasteiger partial charge in [0.05, 0.1) is 0 Å². The Morgan fingerprint density at radius 1 is 1.67 bits per heavy atom. The molecule has 0 saturated carbocycles. The zero-order chi connectivity index (χ0) is 7.28. The van der Waals surface area contributed by atoms with Gasteiger partial charge in [-0.15, -0.1) is 0 Å². The largest absolute Gasteiger partial charge is 0.501 e. The quantitative estimate of drug-likeness (QED) is 0.322. The van der Waals surface area contributed by atoms with Gasteiger partial charge < -0.3 is 5.11 Å². The summed E-state index contributed by atoms with van der Waals surface area (Å²) in [6.45, 7) is 2.94. The van der Waals surface area contributed by atoms with Crippen LogP contribution in [-0.2, 0) is 4.79 Å². The van der Waals surface area contributed by atoms with Gasteiger partial charge in [-0.1, -0.05) is 5.92 Å². The molecule has 2 heteroatoms. The smallest absolute Gasteiger partial charge is 0.170 e. The Bertz CT molecular complexity index is 191. The summed E-state index contributed by atoms with van der Waals surface area (Å²) in [6.07, 6.45) is 1.08. The van der Waals surface area contributed by atoms with E-state index in [1.165, 1.54) is 6.92 Å². The average molecular weight is 124 g/mol. The highest BCUT2D eigenvalue weighted by Crippen LogP contribution is 1.84. The normalized spacial score (nSPS) is 9.78. The van der Waals surface area contributed by atoms with Crippen molar-refractivity contribution in [1.82, 2.24) is 0 Å². The maximum absolute atomic E-state index is 10.2. The standard InChI is InChI=1S/C7H8O2/c1-3-4-7(9)5-6(2)8/h5,9H,1-2H3. The number of aliphatic hydroxyl groups excluding tert-OH is 1. The van der Waals surface area contributed by atoms with Gasteiger partial charge in [-0.25, -0.2) is 0 Å². The van der Waals surface area contributed by atoms with Gasteiger partial charge in [-0.3, -0.25) is 4.79 Å². The lowest BCUT2D eigenvalue weighted by Gasteiger charge is -1.81. The lowest BCUT2D eigenvalue weighted by molar-refractivity contribution is -0.112. The second-order valence-corrected chi connectivity index (χ2v) is 1.52. The number of allylic oxidation sites excluding steroid dienone is 2. The number of ketones is 1. The van der Waals surface area contributed by atoms with E-state index < -0.39 is 0 Å². The molecule has 0 unspecified atom stereocenters. The molecule has 48 valence electrons. The van der Waals surface area contributed by atoms with Crippen LogP contribution in [0.2, 0.25) is 0 Å². The summed E-state index contributed by atoms with van der Waals surface area (Å²) < 4.78 is 0. The molecule has 0 heterocycles. The third-order valence-electron chi connectivity index (χ3n) is 0.593. The molecule has 0 aromatic rings. The molecule has 0 aliphatic heterocycles. The summed E-state index contributed by atoms with van der Waals surface area (Å²) in [4.78, 5) is 10.2. The van der Waals surface area contributed by atoms with Crippen LogP contribution in [0.3, 0.4) is 0 Å². The van der Waals surface area contributed by atoms with Crippen molar-refractivity contribution in [2.75, 3.05) is 0 Å². The predicted molar refractivity (Wildman–Crippen MR) is 34.8 cm³/mol. The van der Waals surface area contributed by atoms with Gasteiger partial charge >= 0.3 is 0 Å². The van der Waals surface area contributed by atoms with Gasteiger partial charge in [0.15, 0.2) is 11.5 Å². The van der Waals surface area contributed by atoms with E-state index in [4.69, 9.17) is 5.11 Å². The molecular weight excluding hydrogens is 116 g/mol. The Kier molecular flexibility index (Phi) is 3.22. The summed E-state index contributed by atoms with van der Waals surface area (Å²) in [7, 11) is 0. The molecule has 0 saturated heterocycles. The van der Waals surface area contributed by atoms with Crippen molar-refractivity contribution in [2.45, 2.75) is 13.8 Å². The maximum atomic E-state index is 10.2. The zero-order valence-corrected chi connectivity index (χ0v) is 5.43. The molecule has 0 aliphatic carbocycles. The second-order valence-electron chi connectivity index (χ2n) is 1.52. The molecule has 0 bridgehead atoms. The fourth-order valence-electron chi connectivity index (χ4n) is 0.357. The van der Waals surface area contributed by atoms with Gasteiger partial charge in [0.2, 0.25) is 0 Å². The summed E-state index contributed by atoms with van der Waals surface area (Å²) in [5.74, 6) is 4.40. The maximum Gasteiger partial charge on any atom is 0.170 e. The molecule has 0 rings (SSSR count). The topological polar surface area (TPSA) is 37.3 Å². The third-order valence-corrected chi connectivity index (χ3v) is 0.593. The highest BCUT2D eigenvalue weighted by atomic mass is 16.3. The second kappa shape index (κ2) is 3.73. The lowest BCUT2D eigenvalue weighted by Crippen LogP contribution is -1.84. The summed E-state index contributed by atoms with van der Waals surface area (Å²) in [5.41, 5.74) is 0. The van der Waals surface area contributed by atoms with Crippen LogP contribution in [-0.4, -0.2) is 10.9 Å². The molecule has 0 aromatic carbocycles. The minimum atomic E-state index is -0.199. The van der Waals surface area contributed by atoms with Crippen molar-refractivity contribution in [1.29, 1.82) is 0 Å². The average Bonchev–Trinajstić information content (AvgIpc) is 1.63. The number of carbonyl (C=O) groups is 1. The van der Waals surface area contributed by atoms with Crippen molar-refractivity contribution in [3.05, 3.63) is 11.8 Å². The first kappa shape index (κ1) is 7.77. The molecule has 0 aromatic heterocycles. The van der Waals surface area contributed by atoms with Crippen molar-refractivity contribution >= 4 is 5.78 Å². The van der Waals surface area contributed by atoms with Gasteiger partial charge in [-0.2, -0.15) is 0 Å². The predicted octanol–water partition coefficient (Wildman–Crippen LogP) is 1.04. The van der Waals surface area contributed by atoms with Gasteiger partial charge in [0, 0.05) is 6.08 Å². The first-order chi connectivity index (χ1) is 4.16. The van der Waals surface area contributed by atoms with E-state index >= 15 is 0 Å². The summed E-state index contributed by atoms with van der Waals surface area (Å²) in [6, 6.07) is 0. The third kappa shape index (κ3) is 4.63. The molecule has 2 nitrogen and oxygen atoms in total. The molecule has 0 fully saturated rings. The highest BCUT2D eigenvalue weighted by Gasteiger charge is 1.86. The Labute approximate surface area is 54.2 Å². The van der Waals surface area contributed by atoms with Gasteiger partial charge in [0.1, 0.15) is 0 Å². The fraction of sp³-hybridized carbons (Fsp3) is 0.286. The fourth-order valence-corrected chi connectivity index (χ4v) is 0.357. The lowest BCUT2D eigenvalue weighted by atomic mass is 10.3. The van der Waals surface area contributed by atoms with Crippen molar-refractivity contribution in [3.63, 3.8) is 0 Å². The zero-order valence-electron chi connectivity index (χ0n) is 5.43. The van der Waals surface area contributed by atoms with Crippen LogP contribution in [0.1, 0.15) is 13.8 Å². The number of rotatable bonds is 1. The van der Waals surface area contributed by atoms with E-state index in [0.717, 1.165) is 6.08 Å². The molecule has 0 atom stereocenters. The van der Waals surface area contributed by atoms with E-state index in [-0.39, 0.29) is 11.5 Å². The van der Waals surface area contributed by atoms with Crippen LogP contribution in [0.15, 0.2) is 11.8 Å². The Balaban J connectivity index is 4.11. The van der Waals surface area contributed by atoms with Crippen LogP contribution in [0, 0.1) is 11.8 Å². The number of hydrogen-bond donors (Lipinski definition) is 1. The Hall–Kier alpha value is -1.23. The Morgan fingerprint density at radius 2 is 2.22 bits per heavy atom. The van der Waals surface area contributed by atoms with E-state index in [9.17, 15) is 4.79 Å². The molecule has 0 spiro atoms. The number of hydrogen-bond acceptors (Lipinski definition) is 2. The van der Waals surface area contributed by atoms with E-state index in [2.05, 4.69) is 11.8 Å². The van der Waals surface area contributed by atoms with Gasteiger partial charge in [-0.05, 0) is 19.8 Å². The molecular formula is C7H8O2. The first-order valence-corrected chi connectivity index (χ1v) is 2.51. The summed E-state index contributed by atoms with van der Waals surface area (Å²) >= 11 is 0.